The van der Waals surface area contributed by atoms with Gasteiger partial charge in [-0.3, -0.25) is 9.36 Å². The maximum atomic E-state index is 12.8. The molecule has 0 radical (unpaired) electrons. The monoisotopic (exact) mass is 300 g/mol. The number of nitrogens with zero attached hydrogens (tertiary/aromatic N) is 2. The van der Waals surface area contributed by atoms with Crippen LogP contribution in [0.25, 0.3) is 15.9 Å². The van der Waals surface area contributed by atoms with E-state index < -0.39 is 0 Å². The smallest absolute Gasteiger partial charge is 0.266 e. The Bertz CT molecular complexity index is 836. The van der Waals surface area contributed by atoms with Gasteiger partial charge in [-0.15, -0.1) is 11.3 Å². The number of rotatable bonds is 1. The highest BCUT2D eigenvalue weighted by molar-refractivity contribution is 7.98. The third kappa shape index (κ3) is 1.81. The van der Waals surface area contributed by atoms with Crippen LogP contribution in [0.3, 0.4) is 0 Å². The van der Waals surface area contributed by atoms with Crippen molar-refractivity contribution < 1.29 is 0 Å². The fraction of sp³-hybridized carbons (Fsp3) is 0.200. The average molecular weight is 300 g/mol. The first-order chi connectivity index (χ1) is 9.84. The van der Waals surface area contributed by atoms with Crippen LogP contribution in [0.15, 0.2) is 41.5 Å². The van der Waals surface area contributed by atoms with Crippen molar-refractivity contribution in [2.24, 2.45) is 0 Å². The van der Waals surface area contributed by atoms with Crippen molar-refractivity contribution in [3.05, 3.63) is 57.5 Å². The van der Waals surface area contributed by atoms with Crippen molar-refractivity contribution in [2.45, 2.75) is 12.2 Å². The number of fused-ring (bicyclic) bond motifs is 3. The maximum Gasteiger partial charge on any atom is 0.266 e. The van der Waals surface area contributed by atoms with E-state index in [9.17, 15) is 4.79 Å². The average Bonchev–Trinajstić information content (AvgIpc) is 2.88. The Balaban J connectivity index is 2.02. The molecule has 0 atom stereocenters. The van der Waals surface area contributed by atoms with Crippen LogP contribution in [0, 0.1) is 0 Å². The standard InChI is InChI=1S/C15H12N2OS2/c18-15-13-11-6-7-19-8-12(11)20-14(13)16-9-17(15)10-4-2-1-3-5-10/h1-5,9H,6-8H2. The normalized spacial score (nSPS) is 14.4. The molecule has 1 aliphatic heterocycles. The summed E-state index contributed by atoms with van der Waals surface area (Å²) in [5.74, 6) is 2.11. The molecular weight excluding hydrogens is 288 g/mol. The molecule has 0 bridgehead atoms. The molecule has 3 nitrogen and oxygen atoms in total. The zero-order valence-electron chi connectivity index (χ0n) is 10.7. The Kier molecular flexibility index (Phi) is 2.89. The topological polar surface area (TPSA) is 34.9 Å². The molecule has 0 spiro atoms. The first kappa shape index (κ1) is 12.2. The summed E-state index contributed by atoms with van der Waals surface area (Å²) >= 11 is 3.61. The van der Waals surface area contributed by atoms with Crippen LogP contribution in [0.2, 0.25) is 0 Å². The number of thiophene rings is 1. The van der Waals surface area contributed by atoms with Gasteiger partial charge in [0.15, 0.2) is 0 Å². The molecule has 4 rings (SSSR count). The Morgan fingerprint density at radius 1 is 1.20 bits per heavy atom. The Labute approximate surface area is 124 Å². The van der Waals surface area contributed by atoms with E-state index in [2.05, 4.69) is 4.98 Å². The van der Waals surface area contributed by atoms with E-state index >= 15 is 0 Å². The molecule has 1 aliphatic rings. The molecule has 3 aromatic rings. The van der Waals surface area contributed by atoms with Crippen LogP contribution in [0.1, 0.15) is 10.4 Å². The highest BCUT2D eigenvalue weighted by atomic mass is 32.2. The molecule has 100 valence electrons. The van der Waals surface area contributed by atoms with E-state index in [4.69, 9.17) is 0 Å². The second-order valence-corrected chi connectivity index (χ2v) is 6.93. The number of aryl methyl sites for hydroxylation is 1. The van der Waals surface area contributed by atoms with Crippen LogP contribution in [-0.2, 0) is 12.2 Å². The van der Waals surface area contributed by atoms with Crippen molar-refractivity contribution in [1.82, 2.24) is 9.55 Å². The van der Waals surface area contributed by atoms with Crippen LogP contribution < -0.4 is 5.56 Å². The summed E-state index contributed by atoms with van der Waals surface area (Å²) in [4.78, 5) is 19.5. The number of hydrogen-bond donors (Lipinski definition) is 0. The van der Waals surface area contributed by atoms with E-state index in [1.54, 1.807) is 22.2 Å². The predicted molar refractivity (Wildman–Crippen MR) is 85.1 cm³/mol. The minimum absolute atomic E-state index is 0.0607. The molecule has 0 N–H and O–H groups in total. The van der Waals surface area contributed by atoms with Gasteiger partial charge in [0.2, 0.25) is 0 Å². The molecule has 0 saturated carbocycles. The minimum atomic E-state index is 0.0607. The van der Waals surface area contributed by atoms with Crippen LogP contribution >= 0.6 is 23.1 Å². The summed E-state index contributed by atoms with van der Waals surface area (Å²) < 4.78 is 1.65. The van der Waals surface area contributed by atoms with Crippen molar-refractivity contribution in [3.8, 4) is 5.69 Å². The van der Waals surface area contributed by atoms with Gasteiger partial charge in [0.1, 0.15) is 11.2 Å². The highest BCUT2D eigenvalue weighted by Crippen LogP contribution is 2.35. The third-order valence-electron chi connectivity index (χ3n) is 3.56. The predicted octanol–water partition coefficient (Wildman–Crippen LogP) is 3.24. The molecule has 2 aromatic heterocycles. The van der Waals surface area contributed by atoms with Crippen molar-refractivity contribution in [2.75, 3.05) is 5.75 Å². The quantitative estimate of drug-likeness (QED) is 0.692. The molecule has 0 unspecified atom stereocenters. The lowest BCUT2D eigenvalue weighted by Gasteiger charge is -2.10. The summed E-state index contributed by atoms with van der Waals surface area (Å²) in [6, 6.07) is 9.69. The van der Waals surface area contributed by atoms with Gasteiger partial charge in [0.05, 0.1) is 11.1 Å². The van der Waals surface area contributed by atoms with E-state index in [1.165, 1.54) is 10.4 Å². The summed E-state index contributed by atoms with van der Waals surface area (Å²) in [5, 5.41) is 0.830. The van der Waals surface area contributed by atoms with Crippen LogP contribution in [0.5, 0.6) is 0 Å². The highest BCUT2D eigenvalue weighted by Gasteiger charge is 2.20. The summed E-state index contributed by atoms with van der Waals surface area (Å²) in [7, 11) is 0. The Morgan fingerprint density at radius 2 is 2.05 bits per heavy atom. The number of hydrogen-bond acceptors (Lipinski definition) is 4. The number of thioether (sulfide) groups is 1. The molecule has 0 amide bonds. The van der Waals surface area contributed by atoms with E-state index in [0.29, 0.717) is 0 Å². The lowest BCUT2D eigenvalue weighted by molar-refractivity contribution is 0.961. The molecule has 0 aliphatic carbocycles. The molecule has 20 heavy (non-hydrogen) atoms. The molecule has 5 heteroatoms. The lowest BCUT2D eigenvalue weighted by atomic mass is 10.1. The van der Waals surface area contributed by atoms with E-state index in [-0.39, 0.29) is 5.56 Å². The Morgan fingerprint density at radius 3 is 2.90 bits per heavy atom. The zero-order valence-corrected chi connectivity index (χ0v) is 12.3. The van der Waals surface area contributed by atoms with Gasteiger partial charge in [0, 0.05) is 10.6 Å². The maximum absolute atomic E-state index is 12.8. The largest absolute Gasteiger partial charge is 0.268 e. The summed E-state index contributed by atoms with van der Waals surface area (Å²) in [6.45, 7) is 0. The van der Waals surface area contributed by atoms with Gasteiger partial charge in [-0.05, 0) is 29.9 Å². The van der Waals surface area contributed by atoms with Gasteiger partial charge in [-0.2, -0.15) is 11.8 Å². The van der Waals surface area contributed by atoms with Crippen molar-refractivity contribution in [3.63, 3.8) is 0 Å². The molecule has 3 heterocycles. The third-order valence-corrected chi connectivity index (χ3v) is 5.87. The van der Waals surface area contributed by atoms with Gasteiger partial charge in [0.25, 0.3) is 5.56 Å². The molecular formula is C15H12N2OS2. The van der Waals surface area contributed by atoms with Crippen molar-refractivity contribution >= 4 is 33.3 Å². The second-order valence-electron chi connectivity index (χ2n) is 4.74. The SMILES string of the molecule is O=c1c2c3c(sc2ncn1-c1ccccc1)CSCC3. The van der Waals surface area contributed by atoms with Gasteiger partial charge < -0.3 is 0 Å². The molecule has 0 saturated heterocycles. The molecule has 0 fully saturated rings. The minimum Gasteiger partial charge on any atom is -0.268 e. The van der Waals surface area contributed by atoms with Gasteiger partial charge in [-0.1, -0.05) is 18.2 Å². The number of para-hydroxylation sites is 1. The summed E-state index contributed by atoms with van der Waals surface area (Å²) in [6.07, 6.45) is 2.63. The van der Waals surface area contributed by atoms with Crippen molar-refractivity contribution in [1.29, 1.82) is 0 Å². The van der Waals surface area contributed by atoms with Crippen LogP contribution in [0.4, 0.5) is 0 Å². The fourth-order valence-electron chi connectivity index (χ4n) is 2.58. The zero-order chi connectivity index (χ0) is 13.5. The van der Waals surface area contributed by atoms with Gasteiger partial charge >= 0.3 is 0 Å². The Hall–Kier alpha value is -1.59. The summed E-state index contributed by atoms with van der Waals surface area (Å²) in [5.41, 5.74) is 2.16. The fourth-order valence-corrected chi connectivity index (χ4v) is 4.90. The number of benzene rings is 1. The number of aromatic nitrogens is 2. The second kappa shape index (κ2) is 4.75. The van der Waals surface area contributed by atoms with Crippen LogP contribution in [-0.4, -0.2) is 15.3 Å². The first-order valence-electron chi connectivity index (χ1n) is 6.49. The lowest BCUT2D eigenvalue weighted by Crippen LogP contribution is -2.19. The van der Waals surface area contributed by atoms with E-state index in [1.807, 2.05) is 42.1 Å². The first-order valence-corrected chi connectivity index (χ1v) is 8.47. The van der Waals surface area contributed by atoms with E-state index in [0.717, 1.165) is 33.8 Å². The molecule has 1 aromatic carbocycles. The van der Waals surface area contributed by atoms with Gasteiger partial charge in [-0.25, -0.2) is 4.98 Å².